The third kappa shape index (κ3) is 11.5. The number of unbranched alkanes of at least 4 members (excludes halogenated alkanes) is 7. The maximum atomic E-state index is 11.2. The molecule has 0 amide bonds. The molecular weight excluding hydrogens is 200 g/mol. The molecule has 0 saturated heterocycles. The van der Waals surface area contributed by atoms with E-state index in [1.807, 2.05) is 13.8 Å². The first kappa shape index (κ1) is 15.5. The third-order valence-corrected chi connectivity index (χ3v) is 2.60. The Bertz CT molecular complexity index is 164. The van der Waals surface area contributed by atoms with Crippen LogP contribution < -0.4 is 0 Å². The van der Waals surface area contributed by atoms with Gasteiger partial charge < -0.3 is 4.74 Å². The van der Waals surface area contributed by atoms with E-state index in [-0.39, 0.29) is 12.1 Å². The van der Waals surface area contributed by atoms with Crippen LogP contribution in [0.1, 0.15) is 78.6 Å². The second kappa shape index (κ2) is 11.0. The van der Waals surface area contributed by atoms with Crippen molar-refractivity contribution < 1.29 is 9.53 Å². The topological polar surface area (TPSA) is 26.3 Å². The molecule has 0 aromatic rings. The van der Waals surface area contributed by atoms with Crippen molar-refractivity contribution in [3.8, 4) is 0 Å². The normalized spacial score (nSPS) is 10.8. The molecule has 0 spiro atoms. The minimum atomic E-state index is -0.0408. The largest absolute Gasteiger partial charge is 0.463 e. The Labute approximate surface area is 101 Å². The smallest absolute Gasteiger partial charge is 0.306 e. The molecule has 0 heterocycles. The van der Waals surface area contributed by atoms with E-state index in [1.54, 1.807) is 0 Å². The van der Waals surface area contributed by atoms with Gasteiger partial charge in [-0.3, -0.25) is 4.79 Å². The summed E-state index contributed by atoms with van der Waals surface area (Å²) in [6.07, 6.45) is 10.7. The highest BCUT2D eigenvalue weighted by molar-refractivity contribution is 5.69. The van der Waals surface area contributed by atoms with Gasteiger partial charge in [0.05, 0.1) is 6.10 Å². The van der Waals surface area contributed by atoms with Gasteiger partial charge in [-0.2, -0.15) is 0 Å². The van der Waals surface area contributed by atoms with Crippen LogP contribution in [0.2, 0.25) is 0 Å². The summed E-state index contributed by atoms with van der Waals surface area (Å²) in [5.74, 6) is -0.0408. The predicted molar refractivity (Wildman–Crippen MR) is 68.5 cm³/mol. The maximum absolute atomic E-state index is 11.2. The van der Waals surface area contributed by atoms with Crippen LogP contribution in [0.3, 0.4) is 0 Å². The zero-order chi connectivity index (χ0) is 12.2. The first-order chi connectivity index (χ1) is 7.66. The van der Waals surface area contributed by atoms with Crippen LogP contribution in [0.15, 0.2) is 0 Å². The molecule has 0 aliphatic carbocycles. The van der Waals surface area contributed by atoms with Crippen LogP contribution in [0, 0.1) is 0 Å². The molecular formula is C14H28O2. The summed E-state index contributed by atoms with van der Waals surface area (Å²) in [5.41, 5.74) is 0. The number of carbonyl (C=O) groups excluding carboxylic acids is 1. The lowest BCUT2D eigenvalue weighted by Crippen LogP contribution is -2.10. The lowest BCUT2D eigenvalue weighted by atomic mass is 10.1. The molecule has 0 saturated carbocycles. The van der Waals surface area contributed by atoms with Crippen LogP contribution in [0.5, 0.6) is 0 Å². The zero-order valence-corrected chi connectivity index (χ0v) is 11.3. The molecule has 0 atom stereocenters. The number of ether oxygens (including phenoxy) is 1. The van der Waals surface area contributed by atoms with Crippen molar-refractivity contribution >= 4 is 5.97 Å². The molecule has 2 nitrogen and oxygen atoms in total. The molecule has 0 aliphatic heterocycles. The van der Waals surface area contributed by atoms with Crippen LogP contribution >= 0.6 is 0 Å². The van der Waals surface area contributed by atoms with Crippen LogP contribution in [-0.2, 0) is 9.53 Å². The molecule has 2 heteroatoms. The number of hydrogen-bond donors (Lipinski definition) is 0. The quantitative estimate of drug-likeness (QED) is 0.407. The highest BCUT2D eigenvalue weighted by Crippen LogP contribution is 2.10. The highest BCUT2D eigenvalue weighted by atomic mass is 16.5. The Morgan fingerprint density at radius 1 is 0.938 bits per heavy atom. The van der Waals surface area contributed by atoms with Crippen LogP contribution in [0.4, 0.5) is 0 Å². The first-order valence-electron chi connectivity index (χ1n) is 6.86. The van der Waals surface area contributed by atoms with Crippen molar-refractivity contribution in [1.82, 2.24) is 0 Å². The Balaban J connectivity index is 3.11. The Morgan fingerprint density at radius 3 is 1.94 bits per heavy atom. The van der Waals surface area contributed by atoms with Crippen molar-refractivity contribution in [2.45, 2.75) is 84.7 Å². The zero-order valence-electron chi connectivity index (χ0n) is 11.3. The van der Waals surface area contributed by atoms with Gasteiger partial charge in [-0.05, 0) is 20.3 Å². The Hall–Kier alpha value is -0.530. The fourth-order valence-corrected chi connectivity index (χ4v) is 1.73. The molecule has 0 bridgehead atoms. The van der Waals surface area contributed by atoms with Crippen LogP contribution in [0.25, 0.3) is 0 Å². The molecule has 0 aliphatic rings. The van der Waals surface area contributed by atoms with Gasteiger partial charge in [0.25, 0.3) is 0 Å². The second-order valence-corrected chi connectivity index (χ2v) is 4.76. The molecule has 96 valence electrons. The summed E-state index contributed by atoms with van der Waals surface area (Å²) < 4.78 is 5.07. The lowest BCUT2D eigenvalue weighted by molar-refractivity contribution is -0.147. The lowest BCUT2D eigenvalue weighted by Gasteiger charge is -2.07. The summed E-state index contributed by atoms with van der Waals surface area (Å²) in [7, 11) is 0. The van der Waals surface area contributed by atoms with Crippen molar-refractivity contribution in [3.05, 3.63) is 0 Å². The van der Waals surface area contributed by atoms with E-state index in [0.717, 1.165) is 6.42 Å². The number of hydrogen-bond acceptors (Lipinski definition) is 2. The second-order valence-electron chi connectivity index (χ2n) is 4.76. The minimum Gasteiger partial charge on any atom is -0.463 e. The Morgan fingerprint density at radius 2 is 1.44 bits per heavy atom. The minimum absolute atomic E-state index is 0.0292. The fourth-order valence-electron chi connectivity index (χ4n) is 1.73. The highest BCUT2D eigenvalue weighted by Gasteiger charge is 2.04. The van der Waals surface area contributed by atoms with E-state index >= 15 is 0 Å². The summed E-state index contributed by atoms with van der Waals surface area (Å²) >= 11 is 0. The molecule has 16 heavy (non-hydrogen) atoms. The number of carbonyl (C=O) groups is 1. The van der Waals surface area contributed by atoms with Gasteiger partial charge in [0.1, 0.15) is 0 Å². The number of rotatable bonds is 10. The van der Waals surface area contributed by atoms with E-state index in [2.05, 4.69) is 6.92 Å². The van der Waals surface area contributed by atoms with E-state index in [1.165, 1.54) is 44.9 Å². The van der Waals surface area contributed by atoms with Gasteiger partial charge in [-0.1, -0.05) is 51.9 Å². The maximum Gasteiger partial charge on any atom is 0.306 e. The molecule has 0 aromatic heterocycles. The first-order valence-corrected chi connectivity index (χ1v) is 6.86. The summed E-state index contributed by atoms with van der Waals surface area (Å²) in [6, 6.07) is 0. The van der Waals surface area contributed by atoms with Gasteiger partial charge in [0.15, 0.2) is 0 Å². The molecule has 0 fully saturated rings. The van der Waals surface area contributed by atoms with Gasteiger partial charge in [-0.25, -0.2) is 0 Å². The van der Waals surface area contributed by atoms with Gasteiger partial charge >= 0.3 is 5.97 Å². The van der Waals surface area contributed by atoms with Gasteiger partial charge in [-0.15, -0.1) is 0 Å². The van der Waals surface area contributed by atoms with Crippen molar-refractivity contribution in [1.29, 1.82) is 0 Å². The Kier molecular flexibility index (Phi) is 10.6. The summed E-state index contributed by atoms with van der Waals surface area (Å²) in [6.45, 7) is 6.03. The average Bonchev–Trinajstić information content (AvgIpc) is 2.21. The summed E-state index contributed by atoms with van der Waals surface area (Å²) in [5, 5.41) is 0. The van der Waals surface area contributed by atoms with Crippen LogP contribution in [-0.4, -0.2) is 12.1 Å². The molecule has 0 unspecified atom stereocenters. The standard InChI is InChI=1S/C14H28O2/c1-4-5-6-7-8-9-10-11-12-14(15)16-13(2)3/h13H,4-12H2,1-3H3. The molecule has 0 aromatic carbocycles. The van der Waals surface area contributed by atoms with Crippen molar-refractivity contribution in [2.24, 2.45) is 0 Å². The monoisotopic (exact) mass is 228 g/mol. The molecule has 0 rings (SSSR count). The molecule has 0 radical (unpaired) electrons. The van der Waals surface area contributed by atoms with Gasteiger partial charge in [0.2, 0.25) is 0 Å². The van der Waals surface area contributed by atoms with E-state index < -0.39 is 0 Å². The van der Waals surface area contributed by atoms with Crippen molar-refractivity contribution in [3.63, 3.8) is 0 Å². The average molecular weight is 228 g/mol. The van der Waals surface area contributed by atoms with Gasteiger partial charge in [0, 0.05) is 6.42 Å². The predicted octanol–water partition coefficient (Wildman–Crippen LogP) is 4.47. The van der Waals surface area contributed by atoms with E-state index in [4.69, 9.17) is 4.74 Å². The summed E-state index contributed by atoms with van der Waals surface area (Å²) in [4.78, 5) is 11.2. The third-order valence-electron chi connectivity index (χ3n) is 2.60. The van der Waals surface area contributed by atoms with Crippen molar-refractivity contribution in [2.75, 3.05) is 0 Å². The number of esters is 1. The van der Waals surface area contributed by atoms with E-state index in [0.29, 0.717) is 6.42 Å². The SMILES string of the molecule is CCCCCCCCCCC(=O)OC(C)C. The molecule has 0 N–H and O–H groups in total. The fraction of sp³-hybridized carbons (Fsp3) is 0.929. The van der Waals surface area contributed by atoms with E-state index in [9.17, 15) is 4.79 Å².